The van der Waals surface area contributed by atoms with Gasteiger partial charge in [0.1, 0.15) is 18.2 Å². The number of nitrogens with zero attached hydrogens (tertiary/aromatic N) is 2. The van der Waals surface area contributed by atoms with Gasteiger partial charge >= 0.3 is 5.97 Å². The molecular formula is C23H24N2O6. The summed E-state index contributed by atoms with van der Waals surface area (Å²) in [5.41, 5.74) is 1.56. The van der Waals surface area contributed by atoms with Crippen LogP contribution in [0.1, 0.15) is 24.2 Å². The average Bonchev–Trinajstić information content (AvgIpc) is 2.81. The van der Waals surface area contributed by atoms with Crippen molar-refractivity contribution in [3.8, 4) is 5.75 Å². The zero-order valence-corrected chi connectivity index (χ0v) is 17.7. The van der Waals surface area contributed by atoms with Crippen molar-refractivity contribution in [2.75, 3.05) is 20.3 Å². The fourth-order valence-electron chi connectivity index (χ4n) is 3.48. The molecular weight excluding hydrogens is 400 g/mol. The molecule has 2 heterocycles. The molecule has 8 nitrogen and oxygen atoms in total. The molecule has 4 rings (SSSR count). The Balaban J connectivity index is 1.41. The Kier molecular flexibility index (Phi) is 5.75. The maximum atomic E-state index is 12.5. The Morgan fingerprint density at radius 3 is 2.52 bits per heavy atom. The van der Waals surface area contributed by atoms with E-state index in [0.717, 1.165) is 5.56 Å². The first-order chi connectivity index (χ1) is 14.9. The normalized spacial score (nSPS) is 21.1. The number of hydrogen-bond acceptors (Lipinski definition) is 7. The van der Waals surface area contributed by atoms with Crippen LogP contribution >= 0.6 is 0 Å². The van der Waals surface area contributed by atoms with Crippen LogP contribution in [0.5, 0.6) is 5.75 Å². The SMILES string of the molecule is COC(=O)[C@]1(C)OC[C@@H](c2ccc(OCc3nc4ccccc4c(=O)n3C)cc2)CO1. The predicted octanol–water partition coefficient (Wildman–Crippen LogP) is 2.53. The lowest BCUT2D eigenvalue weighted by molar-refractivity contribution is -0.264. The summed E-state index contributed by atoms with van der Waals surface area (Å²) in [5.74, 6) is -0.717. The summed E-state index contributed by atoms with van der Waals surface area (Å²) in [6.07, 6.45) is 0. The van der Waals surface area contributed by atoms with Gasteiger partial charge < -0.3 is 18.9 Å². The summed E-state index contributed by atoms with van der Waals surface area (Å²) in [7, 11) is 2.99. The second kappa shape index (κ2) is 8.49. The second-order valence-electron chi connectivity index (χ2n) is 7.52. The van der Waals surface area contributed by atoms with Crippen LogP contribution in [0.3, 0.4) is 0 Å². The monoisotopic (exact) mass is 424 g/mol. The van der Waals surface area contributed by atoms with Gasteiger partial charge in [-0.2, -0.15) is 0 Å². The third kappa shape index (κ3) is 4.17. The van der Waals surface area contributed by atoms with Crippen LogP contribution in [0.4, 0.5) is 0 Å². The molecule has 2 aromatic carbocycles. The lowest BCUT2D eigenvalue weighted by Gasteiger charge is -2.35. The van der Waals surface area contributed by atoms with Crippen molar-refractivity contribution >= 4 is 16.9 Å². The zero-order chi connectivity index (χ0) is 22.0. The number of rotatable bonds is 5. The number of esters is 1. The van der Waals surface area contributed by atoms with Crippen LogP contribution in [0, 0.1) is 0 Å². The van der Waals surface area contributed by atoms with E-state index in [-0.39, 0.29) is 18.1 Å². The van der Waals surface area contributed by atoms with Crippen LogP contribution in [0.2, 0.25) is 0 Å². The quantitative estimate of drug-likeness (QED) is 0.582. The molecule has 0 aliphatic carbocycles. The van der Waals surface area contributed by atoms with Crippen molar-refractivity contribution in [2.45, 2.75) is 25.2 Å². The maximum Gasteiger partial charge on any atom is 0.366 e. The predicted molar refractivity (Wildman–Crippen MR) is 113 cm³/mol. The molecule has 0 spiro atoms. The fourth-order valence-corrected chi connectivity index (χ4v) is 3.48. The highest BCUT2D eigenvalue weighted by molar-refractivity contribution is 5.77. The third-order valence-electron chi connectivity index (χ3n) is 5.47. The molecule has 0 bridgehead atoms. The Morgan fingerprint density at radius 2 is 1.84 bits per heavy atom. The van der Waals surface area contributed by atoms with E-state index in [2.05, 4.69) is 4.98 Å². The number of carbonyl (C=O) groups is 1. The van der Waals surface area contributed by atoms with E-state index in [1.165, 1.54) is 11.7 Å². The molecule has 0 amide bonds. The molecule has 1 aromatic heterocycles. The van der Waals surface area contributed by atoms with Gasteiger partial charge in [0, 0.05) is 19.9 Å². The first-order valence-corrected chi connectivity index (χ1v) is 9.95. The number of methoxy groups -OCH3 is 1. The van der Waals surface area contributed by atoms with Gasteiger partial charge in [-0.25, -0.2) is 9.78 Å². The van der Waals surface area contributed by atoms with Crippen molar-refractivity contribution in [2.24, 2.45) is 7.05 Å². The van der Waals surface area contributed by atoms with Crippen LogP contribution in [0.25, 0.3) is 10.9 Å². The number of hydrogen-bond donors (Lipinski definition) is 0. The summed E-state index contributed by atoms with van der Waals surface area (Å²) in [4.78, 5) is 28.8. The van der Waals surface area contributed by atoms with Crippen LogP contribution in [-0.4, -0.2) is 41.6 Å². The smallest absolute Gasteiger partial charge is 0.366 e. The minimum absolute atomic E-state index is 0.00485. The van der Waals surface area contributed by atoms with Gasteiger partial charge in [-0.3, -0.25) is 9.36 Å². The van der Waals surface area contributed by atoms with Crippen molar-refractivity contribution in [1.29, 1.82) is 0 Å². The Morgan fingerprint density at radius 1 is 1.16 bits per heavy atom. The summed E-state index contributed by atoms with van der Waals surface area (Å²) in [6, 6.07) is 14.8. The summed E-state index contributed by atoms with van der Waals surface area (Å²) >= 11 is 0. The third-order valence-corrected chi connectivity index (χ3v) is 5.47. The highest BCUT2D eigenvalue weighted by atomic mass is 16.7. The molecule has 8 heteroatoms. The van der Waals surface area contributed by atoms with Crippen molar-refractivity contribution in [3.05, 3.63) is 70.3 Å². The highest BCUT2D eigenvalue weighted by Gasteiger charge is 2.41. The molecule has 1 aliphatic heterocycles. The number of carbonyl (C=O) groups excluding carboxylic acids is 1. The average molecular weight is 424 g/mol. The number of aromatic nitrogens is 2. The molecule has 1 saturated heterocycles. The first kappa shape index (κ1) is 21.0. The molecule has 31 heavy (non-hydrogen) atoms. The highest BCUT2D eigenvalue weighted by Crippen LogP contribution is 2.29. The maximum absolute atomic E-state index is 12.5. The van der Waals surface area contributed by atoms with Gasteiger partial charge in [-0.15, -0.1) is 0 Å². The van der Waals surface area contributed by atoms with Gasteiger partial charge in [-0.05, 0) is 29.8 Å². The first-order valence-electron chi connectivity index (χ1n) is 9.95. The summed E-state index contributed by atoms with van der Waals surface area (Å²) in [5, 5.41) is 0.582. The van der Waals surface area contributed by atoms with Gasteiger partial charge in [0.25, 0.3) is 11.3 Å². The van der Waals surface area contributed by atoms with Crippen molar-refractivity contribution in [1.82, 2.24) is 9.55 Å². The molecule has 0 atom stereocenters. The standard InChI is InChI=1S/C23H24N2O6/c1-23(22(27)28-3)30-12-16(13-31-23)15-8-10-17(11-9-15)29-14-20-24-19-7-5-4-6-18(19)21(26)25(20)2/h4-11,16H,12-14H2,1-3H3/t16-,23-. The van der Waals surface area contributed by atoms with Gasteiger partial charge in [0.2, 0.25) is 0 Å². The topological polar surface area (TPSA) is 88.9 Å². The fraction of sp³-hybridized carbons (Fsp3) is 0.348. The van der Waals surface area contributed by atoms with E-state index in [9.17, 15) is 9.59 Å². The van der Waals surface area contributed by atoms with E-state index >= 15 is 0 Å². The number of fused-ring (bicyclic) bond motifs is 1. The number of benzene rings is 2. The lowest BCUT2D eigenvalue weighted by atomic mass is 9.99. The second-order valence-corrected chi connectivity index (χ2v) is 7.52. The molecule has 0 N–H and O–H groups in total. The Hall–Kier alpha value is -3.23. The molecule has 3 aromatic rings. The minimum atomic E-state index is -1.36. The van der Waals surface area contributed by atoms with E-state index in [4.69, 9.17) is 18.9 Å². The molecule has 1 fully saturated rings. The largest absolute Gasteiger partial charge is 0.486 e. The molecule has 162 valence electrons. The zero-order valence-electron chi connectivity index (χ0n) is 17.7. The Bertz CT molecular complexity index is 1150. The molecule has 0 radical (unpaired) electrons. The molecule has 0 unspecified atom stereocenters. The lowest BCUT2D eigenvalue weighted by Crippen LogP contribution is -2.47. The molecule has 1 aliphatic rings. The van der Waals surface area contributed by atoms with E-state index in [0.29, 0.717) is 35.7 Å². The molecule has 0 saturated carbocycles. The van der Waals surface area contributed by atoms with E-state index in [1.54, 1.807) is 20.0 Å². The summed E-state index contributed by atoms with van der Waals surface area (Å²) < 4.78 is 23.3. The van der Waals surface area contributed by atoms with E-state index in [1.807, 2.05) is 42.5 Å². The van der Waals surface area contributed by atoms with Gasteiger partial charge in [0.05, 0.1) is 31.2 Å². The number of ether oxygens (including phenoxy) is 4. The van der Waals surface area contributed by atoms with Crippen LogP contribution < -0.4 is 10.3 Å². The van der Waals surface area contributed by atoms with Crippen molar-refractivity contribution < 1.29 is 23.7 Å². The van der Waals surface area contributed by atoms with Crippen molar-refractivity contribution in [3.63, 3.8) is 0 Å². The Labute approximate surface area is 179 Å². The minimum Gasteiger partial charge on any atom is -0.486 e. The van der Waals surface area contributed by atoms with Crippen LogP contribution in [-0.2, 0) is 32.7 Å². The number of para-hydroxylation sites is 1. The van der Waals surface area contributed by atoms with Gasteiger partial charge in [-0.1, -0.05) is 24.3 Å². The van der Waals surface area contributed by atoms with Gasteiger partial charge in [0.15, 0.2) is 0 Å². The summed E-state index contributed by atoms with van der Waals surface area (Å²) in [6.45, 7) is 2.41. The van der Waals surface area contributed by atoms with E-state index < -0.39 is 11.8 Å². The van der Waals surface area contributed by atoms with Crippen LogP contribution in [0.15, 0.2) is 53.3 Å².